The van der Waals surface area contributed by atoms with Crippen LogP contribution in [0.25, 0.3) is 0 Å². The van der Waals surface area contributed by atoms with E-state index in [9.17, 15) is 36.2 Å². The molecule has 1 saturated carbocycles. The van der Waals surface area contributed by atoms with Gasteiger partial charge < -0.3 is 15.3 Å². The van der Waals surface area contributed by atoms with Crippen LogP contribution in [0.4, 0.5) is 31.1 Å². The van der Waals surface area contributed by atoms with E-state index in [-0.39, 0.29) is 19.5 Å². The van der Waals surface area contributed by atoms with Gasteiger partial charge in [0.1, 0.15) is 0 Å². The molecule has 2 fully saturated rings. The van der Waals surface area contributed by atoms with Crippen molar-refractivity contribution in [3.8, 4) is 0 Å². The number of nitrogens with zero attached hydrogens (tertiary/aromatic N) is 1. The molecular weight excluding hydrogens is 342 g/mol. The van der Waals surface area contributed by atoms with Crippen LogP contribution in [0.5, 0.6) is 0 Å². The van der Waals surface area contributed by atoms with Crippen molar-refractivity contribution in [3.05, 3.63) is 0 Å². The largest absolute Gasteiger partial charge is 0.419 e. The number of urea groups is 1. The Labute approximate surface area is 135 Å². The fourth-order valence-corrected chi connectivity index (χ4v) is 3.41. The van der Waals surface area contributed by atoms with Crippen LogP contribution in [-0.4, -0.2) is 53.6 Å². The molecule has 140 valence electrons. The highest BCUT2D eigenvalue weighted by atomic mass is 19.4. The highest BCUT2D eigenvalue weighted by Crippen LogP contribution is 2.41. The van der Waals surface area contributed by atoms with Crippen molar-refractivity contribution in [1.82, 2.24) is 10.2 Å². The zero-order chi connectivity index (χ0) is 18.2. The van der Waals surface area contributed by atoms with Crippen LogP contribution >= 0.6 is 0 Å². The van der Waals surface area contributed by atoms with Gasteiger partial charge in [-0.3, -0.25) is 0 Å². The first-order chi connectivity index (χ1) is 10.9. The maximum atomic E-state index is 13.0. The molecule has 24 heavy (non-hydrogen) atoms. The summed E-state index contributed by atoms with van der Waals surface area (Å²) in [5.74, 6) is -2.27. The van der Waals surface area contributed by atoms with Gasteiger partial charge in [-0.2, -0.15) is 26.3 Å². The molecule has 10 heteroatoms. The average Bonchev–Trinajstić information content (AvgIpc) is 2.88. The maximum absolute atomic E-state index is 13.0. The predicted octanol–water partition coefficient (Wildman–Crippen LogP) is 3.06. The fourth-order valence-electron chi connectivity index (χ4n) is 3.41. The van der Waals surface area contributed by atoms with Crippen molar-refractivity contribution < 1.29 is 36.2 Å². The van der Waals surface area contributed by atoms with Crippen molar-refractivity contribution in [3.63, 3.8) is 0 Å². The zero-order valence-corrected chi connectivity index (χ0v) is 12.9. The van der Waals surface area contributed by atoms with E-state index in [1.54, 1.807) is 0 Å². The molecule has 4 nitrogen and oxygen atoms in total. The monoisotopic (exact) mass is 362 g/mol. The van der Waals surface area contributed by atoms with Gasteiger partial charge in [0.05, 0.1) is 12.5 Å². The third-order valence-corrected chi connectivity index (χ3v) is 4.91. The topological polar surface area (TPSA) is 52.6 Å². The Kier molecular flexibility index (Phi) is 5.27. The molecule has 0 aromatic carbocycles. The Hall–Kier alpha value is -1.19. The fraction of sp³-hybridized carbons (Fsp3) is 0.929. The lowest BCUT2D eigenvalue weighted by atomic mass is 9.79. The Morgan fingerprint density at radius 2 is 1.79 bits per heavy atom. The van der Waals surface area contributed by atoms with E-state index in [4.69, 9.17) is 0 Å². The number of carbonyl (C=O) groups excluding carboxylic acids is 1. The Morgan fingerprint density at radius 1 is 1.17 bits per heavy atom. The second kappa shape index (κ2) is 6.61. The number of hydrogen-bond acceptors (Lipinski definition) is 2. The number of rotatable bonds is 2. The summed E-state index contributed by atoms with van der Waals surface area (Å²) in [5.41, 5.74) is -2.95. The molecule has 0 radical (unpaired) electrons. The summed E-state index contributed by atoms with van der Waals surface area (Å²) in [7, 11) is 0. The Balaban J connectivity index is 1.89. The Bertz CT molecular complexity index is 467. The number of amides is 2. The molecule has 2 aliphatic rings. The van der Waals surface area contributed by atoms with Crippen LogP contribution in [0.2, 0.25) is 0 Å². The summed E-state index contributed by atoms with van der Waals surface area (Å²) in [6.45, 7) is -1.44. The molecule has 1 saturated heterocycles. The lowest BCUT2D eigenvalue weighted by Crippen LogP contribution is -2.50. The standard InChI is InChI=1S/C14H20F6N2O2/c15-13(16,17)10-4-2-1-3-9(10)7-21-11(23)22-6-5-12(24,8-22)14(18,19)20/h9-10,24H,1-8H2,(H,21,23)/t9-,10+,12-/m0/s1. The quantitative estimate of drug-likeness (QED) is 0.742. The molecule has 0 spiro atoms. The highest BCUT2D eigenvalue weighted by molar-refractivity contribution is 5.74. The van der Waals surface area contributed by atoms with Crippen molar-refractivity contribution in [2.75, 3.05) is 19.6 Å². The summed E-state index contributed by atoms with van der Waals surface area (Å²) < 4.78 is 77.0. The summed E-state index contributed by atoms with van der Waals surface area (Å²) in [4.78, 5) is 12.7. The van der Waals surface area contributed by atoms with Gasteiger partial charge in [0.2, 0.25) is 0 Å². The molecule has 1 aliphatic heterocycles. The van der Waals surface area contributed by atoms with E-state index in [0.717, 1.165) is 4.90 Å². The van der Waals surface area contributed by atoms with Crippen molar-refractivity contribution in [1.29, 1.82) is 0 Å². The minimum absolute atomic E-state index is 0.00156. The lowest BCUT2D eigenvalue weighted by molar-refractivity contribution is -0.253. The van der Waals surface area contributed by atoms with E-state index >= 15 is 0 Å². The van der Waals surface area contributed by atoms with E-state index in [0.29, 0.717) is 19.3 Å². The maximum Gasteiger partial charge on any atom is 0.419 e. The second-order valence-electron chi connectivity index (χ2n) is 6.58. The first-order valence-corrected chi connectivity index (χ1v) is 7.83. The van der Waals surface area contributed by atoms with E-state index in [2.05, 4.69) is 5.32 Å². The van der Waals surface area contributed by atoms with Crippen molar-refractivity contribution in [2.24, 2.45) is 11.8 Å². The number of halogens is 6. The summed E-state index contributed by atoms with van der Waals surface area (Å²) in [6.07, 6.45) is -8.42. The second-order valence-corrected chi connectivity index (χ2v) is 6.58. The summed E-state index contributed by atoms with van der Waals surface area (Å²) in [6, 6.07) is -0.873. The van der Waals surface area contributed by atoms with E-state index in [1.807, 2.05) is 0 Å². The van der Waals surface area contributed by atoms with Crippen LogP contribution in [-0.2, 0) is 0 Å². The SMILES string of the molecule is O=C(NC[C@@H]1CCCC[C@H]1C(F)(F)F)N1CC[C@@](O)(C(F)(F)F)C1. The lowest BCUT2D eigenvalue weighted by Gasteiger charge is -2.33. The van der Waals surface area contributed by atoms with Crippen LogP contribution < -0.4 is 5.32 Å². The predicted molar refractivity (Wildman–Crippen MR) is 72.1 cm³/mol. The molecule has 1 aliphatic carbocycles. The zero-order valence-electron chi connectivity index (χ0n) is 12.9. The van der Waals surface area contributed by atoms with Crippen LogP contribution in [0.3, 0.4) is 0 Å². The number of β-amino-alcohol motifs (C(OH)–C–C–N with tert-alkyl or cyclic N) is 1. The molecule has 0 aromatic heterocycles. The number of alkyl halides is 6. The minimum atomic E-state index is -4.85. The smallest absolute Gasteiger partial charge is 0.379 e. The molecule has 0 unspecified atom stereocenters. The van der Waals surface area contributed by atoms with Gasteiger partial charge in [0.25, 0.3) is 0 Å². The van der Waals surface area contributed by atoms with Gasteiger partial charge in [0.15, 0.2) is 5.60 Å². The molecule has 1 heterocycles. The molecule has 2 N–H and O–H groups in total. The third-order valence-electron chi connectivity index (χ3n) is 4.91. The van der Waals surface area contributed by atoms with Gasteiger partial charge in [-0.05, 0) is 18.8 Å². The Morgan fingerprint density at radius 3 is 2.33 bits per heavy atom. The van der Waals surface area contributed by atoms with Crippen LogP contribution in [0, 0.1) is 11.8 Å². The number of hydrogen-bond donors (Lipinski definition) is 2. The van der Waals surface area contributed by atoms with Crippen molar-refractivity contribution >= 4 is 6.03 Å². The highest BCUT2D eigenvalue weighted by Gasteiger charge is 2.58. The molecule has 0 bridgehead atoms. The number of nitrogens with one attached hydrogen (secondary N) is 1. The van der Waals surface area contributed by atoms with Gasteiger partial charge >= 0.3 is 18.4 Å². The summed E-state index contributed by atoms with van der Waals surface area (Å²) >= 11 is 0. The van der Waals surface area contributed by atoms with Gasteiger partial charge in [-0.1, -0.05) is 12.8 Å². The first-order valence-electron chi connectivity index (χ1n) is 7.83. The normalized spacial score (nSPS) is 32.0. The molecule has 2 amide bonds. The average molecular weight is 362 g/mol. The van der Waals surface area contributed by atoms with Crippen LogP contribution in [0.15, 0.2) is 0 Å². The van der Waals surface area contributed by atoms with Crippen molar-refractivity contribution in [2.45, 2.75) is 50.1 Å². The number of carbonyl (C=O) groups is 1. The van der Waals surface area contributed by atoms with E-state index in [1.165, 1.54) is 0 Å². The molecular formula is C14H20F6N2O2. The molecule has 2 rings (SSSR count). The molecule has 3 atom stereocenters. The first kappa shape index (κ1) is 19.1. The van der Waals surface area contributed by atoms with Gasteiger partial charge in [0, 0.05) is 19.5 Å². The number of likely N-dealkylation sites (tertiary alicyclic amines) is 1. The molecule has 0 aromatic rings. The third kappa shape index (κ3) is 4.07. The van der Waals surface area contributed by atoms with E-state index < -0.39 is 48.8 Å². The summed E-state index contributed by atoms with van der Waals surface area (Å²) in [5, 5.41) is 11.8. The van der Waals surface area contributed by atoms with Crippen LogP contribution in [0.1, 0.15) is 32.1 Å². The van der Waals surface area contributed by atoms with Gasteiger partial charge in [-0.15, -0.1) is 0 Å². The van der Waals surface area contributed by atoms with Gasteiger partial charge in [-0.25, -0.2) is 4.79 Å². The number of aliphatic hydroxyl groups is 1. The minimum Gasteiger partial charge on any atom is -0.379 e.